The Labute approximate surface area is 196 Å². The lowest BCUT2D eigenvalue weighted by atomic mass is 9.67. The quantitative estimate of drug-likeness (QED) is 0.205. The van der Waals surface area contributed by atoms with Crippen LogP contribution in [0.4, 0.5) is 37.7 Å². The van der Waals surface area contributed by atoms with Gasteiger partial charge in [-0.1, -0.05) is 60.7 Å². The van der Waals surface area contributed by atoms with E-state index >= 15 is 0 Å². The van der Waals surface area contributed by atoms with Crippen molar-refractivity contribution in [3.8, 4) is 11.1 Å². The zero-order valence-corrected chi connectivity index (χ0v) is 18.0. The summed E-state index contributed by atoms with van der Waals surface area (Å²) in [6.45, 7) is 0. The van der Waals surface area contributed by atoms with Gasteiger partial charge in [-0.05, 0) is 57.6 Å². The number of hydrogen-bond donors (Lipinski definition) is 2. The molecule has 0 unspecified atom stereocenters. The van der Waals surface area contributed by atoms with Crippen molar-refractivity contribution in [3.05, 3.63) is 118 Å². The molecule has 5 rings (SSSR count). The van der Waals surface area contributed by atoms with E-state index in [1.54, 1.807) is 48.5 Å². The van der Waals surface area contributed by atoms with Crippen molar-refractivity contribution in [2.75, 3.05) is 11.5 Å². The third-order valence-electron chi connectivity index (χ3n) is 6.54. The molecule has 0 heterocycles. The van der Waals surface area contributed by atoms with Crippen LogP contribution in [0.1, 0.15) is 33.4 Å². The van der Waals surface area contributed by atoms with E-state index in [1.165, 1.54) is 12.1 Å². The van der Waals surface area contributed by atoms with Gasteiger partial charge in [-0.15, -0.1) is 0 Å². The van der Waals surface area contributed by atoms with Crippen molar-refractivity contribution in [1.29, 1.82) is 0 Å². The fourth-order valence-corrected chi connectivity index (χ4v) is 5.09. The zero-order valence-electron chi connectivity index (χ0n) is 18.0. The molecule has 4 N–H and O–H groups in total. The van der Waals surface area contributed by atoms with Gasteiger partial charge < -0.3 is 11.5 Å². The maximum Gasteiger partial charge on any atom is 0.418 e. The van der Waals surface area contributed by atoms with Crippen LogP contribution in [0.5, 0.6) is 0 Å². The van der Waals surface area contributed by atoms with Crippen molar-refractivity contribution in [2.24, 2.45) is 0 Å². The third kappa shape index (κ3) is 3.35. The van der Waals surface area contributed by atoms with E-state index in [0.717, 1.165) is 35.4 Å². The van der Waals surface area contributed by atoms with E-state index in [9.17, 15) is 26.3 Å². The second-order valence-electron chi connectivity index (χ2n) is 8.44. The molecule has 0 amide bonds. The van der Waals surface area contributed by atoms with E-state index < -0.39 is 40.3 Å². The van der Waals surface area contributed by atoms with Crippen molar-refractivity contribution < 1.29 is 26.3 Å². The van der Waals surface area contributed by atoms with Crippen LogP contribution in [0, 0.1) is 0 Å². The summed E-state index contributed by atoms with van der Waals surface area (Å²) in [7, 11) is 0. The molecule has 0 saturated carbocycles. The molecule has 1 aliphatic carbocycles. The summed E-state index contributed by atoms with van der Waals surface area (Å²) in [5, 5.41) is 0. The predicted octanol–water partition coefficient (Wildman–Crippen LogP) is 7.25. The molecule has 0 radical (unpaired) electrons. The molecular formula is C27H18F6N2. The second-order valence-corrected chi connectivity index (χ2v) is 8.44. The number of anilines is 2. The summed E-state index contributed by atoms with van der Waals surface area (Å²) in [5.41, 5.74) is 9.69. The van der Waals surface area contributed by atoms with Gasteiger partial charge in [0.15, 0.2) is 0 Å². The molecule has 0 spiro atoms. The van der Waals surface area contributed by atoms with E-state index in [1.807, 2.05) is 0 Å². The number of benzene rings is 4. The standard InChI is InChI=1S/C27H18F6N2/c28-26(29,30)21-13-15(9-11-23(21)34)25(16-10-12-24(35)22(14-16)27(31,32)33)19-7-3-1-5-17(19)18-6-2-4-8-20(18)25/h1-14H,34-35H2. The summed E-state index contributed by atoms with van der Waals surface area (Å²) in [6.07, 6.45) is -9.51. The van der Waals surface area contributed by atoms with Crippen molar-refractivity contribution in [2.45, 2.75) is 17.8 Å². The smallest absolute Gasteiger partial charge is 0.398 e. The van der Waals surface area contributed by atoms with Crippen LogP contribution in [0.2, 0.25) is 0 Å². The Bertz CT molecular complexity index is 1340. The minimum absolute atomic E-state index is 0.148. The molecule has 178 valence electrons. The summed E-state index contributed by atoms with van der Waals surface area (Å²) in [4.78, 5) is 0. The maximum atomic E-state index is 13.9. The Hall–Kier alpha value is -3.94. The van der Waals surface area contributed by atoms with Crippen LogP contribution >= 0.6 is 0 Å². The van der Waals surface area contributed by atoms with Gasteiger partial charge in [0.2, 0.25) is 0 Å². The summed E-state index contributed by atoms with van der Waals surface area (Å²) in [6, 6.07) is 21.1. The fraction of sp³-hybridized carbons (Fsp3) is 0.111. The fourth-order valence-electron chi connectivity index (χ4n) is 5.09. The molecule has 0 atom stereocenters. The highest BCUT2D eigenvalue weighted by Gasteiger charge is 2.48. The topological polar surface area (TPSA) is 52.0 Å². The number of halogens is 6. The van der Waals surface area contributed by atoms with Gasteiger partial charge in [0, 0.05) is 11.4 Å². The van der Waals surface area contributed by atoms with Crippen molar-refractivity contribution in [1.82, 2.24) is 0 Å². The number of alkyl halides is 6. The molecule has 0 saturated heterocycles. The Morgan fingerprint density at radius 3 is 1.26 bits per heavy atom. The third-order valence-corrected chi connectivity index (χ3v) is 6.54. The van der Waals surface area contributed by atoms with E-state index in [0.29, 0.717) is 11.1 Å². The highest BCUT2D eigenvalue weighted by atomic mass is 19.4. The molecule has 8 heteroatoms. The number of fused-ring (bicyclic) bond motifs is 3. The van der Waals surface area contributed by atoms with Gasteiger partial charge in [-0.25, -0.2) is 0 Å². The summed E-state index contributed by atoms with van der Waals surface area (Å²) < 4.78 is 83.2. The van der Waals surface area contributed by atoms with Gasteiger partial charge >= 0.3 is 12.4 Å². The van der Waals surface area contributed by atoms with Gasteiger partial charge in [0.25, 0.3) is 0 Å². The van der Waals surface area contributed by atoms with E-state index in [2.05, 4.69) is 0 Å². The van der Waals surface area contributed by atoms with Crippen LogP contribution < -0.4 is 11.5 Å². The Morgan fingerprint density at radius 2 is 0.886 bits per heavy atom. The Balaban J connectivity index is 1.96. The molecule has 2 nitrogen and oxygen atoms in total. The molecule has 0 aromatic heterocycles. The zero-order chi connectivity index (χ0) is 25.2. The van der Waals surface area contributed by atoms with Crippen molar-refractivity contribution in [3.63, 3.8) is 0 Å². The molecule has 1 aliphatic rings. The van der Waals surface area contributed by atoms with Gasteiger partial charge in [-0.3, -0.25) is 0 Å². The lowest BCUT2D eigenvalue weighted by Gasteiger charge is -2.35. The average Bonchev–Trinajstić information content (AvgIpc) is 3.10. The van der Waals surface area contributed by atoms with Crippen LogP contribution in [0.3, 0.4) is 0 Å². The number of nitrogen functional groups attached to an aromatic ring is 2. The Kier molecular flexibility index (Phi) is 4.91. The Morgan fingerprint density at radius 1 is 0.514 bits per heavy atom. The molecule has 4 aromatic carbocycles. The summed E-state index contributed by atoms with van der Waals surface area (Å²) in [5.74, 6) is 0. The lowest BCUT2D eigenvalue weighted by Crippen LogP contribution is -2.30. The van der Waals surface area contributed by atoms with Crippen LogP contribution in [-0.4, -0.2) is 0 Å². The number of rotatable bonds is 2. The molecule has 0 fully saturated rings. The highest BCUT2D eigenvalue weighted by Crippen LogP contribution is 2.57. The van der Waals surface area contributed by atoms with E-state index in [4.69, 9.17) is 11.5 Å². The first-order chi connectivity index (χ1) is 16.5. The first-order valence-corrected chi connectivity index (χ1v) is 10.6. The molecular weight excluding hydrogens is 466 g/mol. The lowest BCUT2D eigenvalue weighted by molar-refractivity contribution is -0.137. The molecule has 0 bridgehead atoms. The van der Waals surface area contributed by atoms with Crippen LogP contribution in [0.15, 0.2) is 84.9 Å². The SMILES string of the molecule is Nc1ccc(C2(c3ccc(N)c(C(F)(F)F)c3)c3ccccc3-c3ccccc32)cc1C(F)(F)F. The van der Waals surface area contributed by atoms with Gasteiger partial charge in [-0.2, -0.15) is 26.3 Å². The van der Waals surface area contributed by atoms with Crippen LogP contribution in [-0.2, 0) is 17.8 Å². The normalized spacial score (nSPS) is 14.5. The second kappa shape index (κ2) is 7.53. The van der Waals surface area contributed by atoms with Gasteiger partial charge in [0.1, 0.15) is 0 Å². The summed E-state index contributed by atoms with van der Waals surface area (Å²) >= 11 is 0. The molecule has 35 heavy (non-hydrogen) atoms. The average molecular weight is 484 g/mol. The molecule has 4 aromatic rings. The van der Waals surface area contributed by atoms with Crippen molar-refractivity contribution >= 4 is 11.4 Å². The minimum atomic E-state index is -4.75. The maximum absolute atomic E-state index is 13.9. The largest absolute Gasteiger partial charge is 0.418 e. The first-order valence-electron chi connectivity index (χ1n) is 10.6. The first kappa shape index (κ1) is 22.8. The predicted molar refractivity (Wildman–Crippen MR) is 123 cm³/mol. The van der Waals surface area contributed by atoms with Gasteiger partial charge in [0.05, 0.1) is 16.5 Å². The number of nitrogens with two attached hydrogens (primary N) is 2. The molecule has 0 aliphatic heterocycles. The minimum Gasteiger partial charge on any atom is -0.398 e. The van der Waals surface area contributed by atoms with E-state index in [-0.39, 0.29) is 11.1 Å². The highest BCUT2D eigenvalue weighted by molar-refractivity contribution is 5.86. The monoisotopic (exact) mass is 484 g/mol. The van der Waals surface area contributed by atoms with Crippen LogP contribution in [0.25, 0.3) is 11.1 Å². The number of hydrogen-bond acceptors (Lipinski definition) is 2.